The van der Waals surface area contributed by atoms with Crippen LogP contribution in [0.1, 0.15) is 195 Å². The molecule has 0 saturated heterocycles. The van der Waals surface area contributed by atoms with Gasteiger partial charge in [-0.1, -0.05) is 302 Å². The summed E-state index contributed by atoms with van der Waals surface area (Å²) in [5.41, 5.74) is 30.5. The molecule has 0 N–H and O–H groups in total. The van der Waals surface area contributed by atoms with Crippen molar-refractivity contribution in [2.24, 2.45) is 0 Å². The SMILES string of the molecule is Cc1ccc(N(c2ccc(C=C(c3ccc(C=C4CCCCC4)cc3)c3ccc(C=C4CCCCC4)cc3)cc2)c2ccc3c4ccc5c6cccc7c(N(c8ccc(C)cc8)c8ccc(C=C(c9ccc(C=C%10CCCCC%10)cc9)c9ccc(C=C%10CCCCC%10)cc9)cc8)ccc(c8ccc(c9cccc2c93)c4c58)c76)cc1. The summed E-state index contributed by atoms with van der Waals surface area (Å²) in [5, 5.41) is 17.9. The van der Waals surface area contributed by atoms with Crippen molar-refractivity contribution in [1.29, 1.82) is 0 Å². The molecule has 16 aromatic rings. The van der Waals surface area contributed by atoms with Gasteiger partial charge in [0.1, 0.15) is 0 Å². The Morgan fingerprint density at radius 3 is 0.719 bits per heavy atom. The third-order valence-corrected chi connectivity index (χ3v) is 25.7. The molecule has 4 fully saturated rings. The number of rotatable bonds is 16. The largest absolute Gasteiger partial charge is 0.310 e. The lowest BCUT2D eigenvalue weighted by molar-refractivity contribution is 0.602. The first-order valence-corrected chi connectivity index (χ1v) is 42.6. The van der Waals surface area contributed by atoms with Gasteiger partial charge >= 0.3 is 0 Å². The van der Waals surface area contributed by atoms with Gasteiger partial charge in [-0.3, -0.25) is 0 Å². The average Bonchev–Trinajstić information content (AvgIpc) is 0.688. The topological polar surface area (TPSA) is 6.48 Å². The Balaban J connectivity index is 0.660. The molecule has 0 atom stereocenters. The number of fused-ring (bicyclic) bond motifs is 4. The fourth-order valence-electron chi connectivity index (χ4n) is 19.7. The Kier molecular flexibility index (Phi) is 19.4. The molecule has 0 radical (unpaired) electrons. The normalized spacial score (nSPS) is 14.9. The van der Waals surface area contributed by atoms with Crippen molar-refractivity contribution in [1.82, 2.24) is 0 Å². The second-order valence-electron chi connectivity index (χ2n) is 33.4. The van der Waals surface area contributed by atoms with Crippen molar-refractivity contribution in [3.05, 3.63) is 368 Å². The van der Waals surface area contributed by atoms with Crippen LogP contribution in [-0.4, -0.2) is 0 Å². The summed E-state index contributed by atoms with van der Waals surface area (Å²) in [5.74, 6) is 0. The van der Waals surface area contributed by atoms with Gasteiger partial charge in [-0.25, -0.2) is 0 Å². The van der Waals surface area contributed by atoms with Crippen molar-refractivity contribution in [2.45, 2.75) is 142 Å². The lowest BCUT2D eigenvalue weighted by Crippen LogP contribution is -2.10. The molecule has 0 bridgehead atoms. The highest BCUT2D eigenvalue weighted by molar-refractivity contribution is 6.43. The number of hydrogen-bond donors (Lipinski definition) is 0. The van der Waals surface area contributed by atoms with Gasteiger partial charge in [0.25, 0.3) is 0 Å². The zero-order chi connectivity index (χ0) is 76.0. The molecular weight excluding hydrogens is 1370 g/mol. The van der Waals surface area contributed by atoms with Crippen LogP contribution >= 0.6 is 0 Å². The molecule has 0 unspecified atom stereocenters. The van der Waals surface area contributed by atoms with Crippen LogP contribution in [0.3, 0.4) is 0 Å². The third kappa shape index (κ3) is 14.0. The monoisotopic (exact) mass is 1470 g/mol. The van der Waals surface area contributed by atoms with Gasteiger partial charge in [-0.05, 0) is 321 Å². The fourth-order valence-corrected chi connectivity index (χ4v) is 19.7. The lowest BCUT2D eigenvalue weighted by Gasteiger charge is -2.29. The number of anilines is 6. The first-order valence-electron chi connectivity index (χ1n) is 42.6. The summed E-state index contributed by atoms with van der Waals surface area (Å²) in [4.78, 5) is 4.96. The molecule has 4 aliphatic rings. The Labute approximate surface area is 672 Å². The third-order valence-electron chi connectivity index (χ3n) is 25.7. The van der Waals surface area contributed by atoms with Crippen LogP contribution in [0.4, 0.5) is 34.1 Å². The Bertz CT molecular complexity index is 5810. The Morgan fingerprint density at radius 1 is 0.211 bits per heavy atom. The molecule has 2 nitrogen and oxygen atoms in total. The van der Waals surface area contributed by atoms with Crippen molar-refractivity contribution in [3.63, 3.8) is 0 Å². The molecule has 0 heterocycles. The van der Waals surface area contributed by atoms with E-state index in [1.54, 1.807) is 22.3 Å². The van der Waals surface area contributed by atoms with Gasteiger partial charge < -0.3 is 9.80 Å². The minimum absolute atomic E-state index is 1.11. The minimum atomic E-state index is 1.11. The van der Waals surface area contributed by atoms with Crippen molar-refractivity contribution < 1.29 is 0 Å². The highest BCUT2D eigenvalue weighted by atomic mass is 15.1. The summed E-state index contributed by atoms with van der Waals surface area (Å²) in [6.07, 6.45) is 40.2. The molecule has 114 heavy (non-hydrogen) atoms. The van der Waals surface area contributed by atoms with E-state index in [2.05, 4.69) is 339 Å². The molecule has 556 valence electrons. The lowest BCUT2D eigenvalue weighted by atomic mass is 9.83. The quantitative estimate of drug-likeness (QED) is 0.0540. The van der Waals surface area contributed by atoms with Crippen LogP contribution in [0.15, 0.2) is 301 Å². The molecule has 2 heteroatoms. The van der Waals surface area contributed by atoms with Gasteiger partial charge in [0, 0.05) is 33.5 Å². The number of hydrogen-bond acceptors (Lipinski definition) is 2. The number of aryl methyl sites for hydroxylation is 2. The van der Waals surface area contributed by atoms with Gasteiger partial charge in [0.15, 0.2) is 0 Å². The maximum atomic E-state index is 2.48. The predicted octanol–water partition coefficient (Wildman–Crippen LogP) is 32.8. The number of nitrogens with zero attached hydrogens (tertiary/aromatic N) is 2. The number of benzene rings is 16. The first-order chi connectivity index (χ1) is 56.3. The number of allylic oxidation sites excluding steroid dienone is 4. The van der Waals surface area contributed by atoms with Crippen molar-refractivity contribution in [3.8, 4) is 0 Å². The van der Waals surface area contributed by atoms with E-state index >= 15 is 0 Å². The van der Waals surface area contributed by atoms with E-state index in [1.165, 1.54) is 271 Å². The maximum Gasteiger partial charge on any atom is 0.0540 e. The average molecular weight is 1470 g/mol. The zero-order valence-electron chi connectivity index (χ0n) is 66.1. The van der Waals surface area contributed by atoms with E-state index in [0.29, 0.717) is 0 Å². The molecule has 0 spiro atoms. The first kappa shape index (κ1) is 71.0. The van der Waals surface area contributed by atoms with Crippen LogP contribution in [-0.2, 0) is 0 Å². The summed E-state index contributed by atoms with van der Waals surface area (Å²) < 4.78 is 0. The second kappa shape index (κ2) is 31.1. The van der Waals surface area contributed by atoms with Crippen molar-refractivity contribution in [2.75, 3.05) is 9.80 Å². The van der Waals surface area contributed by atoms with Crippen LogP contribution in [0.25, 0.3) is 123 Å². The van der Waals surface area contributed by atoms with Gasteiger partial charge in [-0.15, -0.1) is 0 Å². The fraction of sp³-hybridized carbons (Fsp3) is 0.196. The minimum Gasteiger partial charge on any atom is -0.310 e. The van der Waals surface area contributed by atoms with Gasteiger partial charge in [0.2, 0.25) is 0 Å². The zero-order valence-corrected chi connectivity index (χ0v) is 66.1. The predicted molar refractivity (Wildman–Crippen MR) is 494 cm³/mol. The van der Waals surface area contributed by atoms with E-state index in [0.717, 1.165) is 45.3 Å². The van der Waals surface area contributed by atoms with Gasteiger partial charge in [-0.2, -0.15) is 0 Å². The van der Waals surface area contributed by atoms with Gasteiger partial charge in [0.05, 0.1) is 11.4 Å². The molecule has 20 rings (SSSR count). The summed E-state index contributed by atoms with van der Waals surface area (Å²) in [6.45, 7) is 4.37. The molecule has 0 aliphatic heterocycles. The highest BCUT2D eigenvalue weighted by Gasteiger charge is 2.26. The van der Waals surface area contributed by atoms with Crippen LogP contribution in [0, 0.1) is 13.8 Å². The maximum absolute atomic E-state index is 2.48. The van der Waals surface area contributed by atoms with Crippen LogP contribution < -0.4 is 9.80 Å². The summed E-state index contributed by atoms with van der Waals surface area (Å²) >= 11 is 0. The van der Waals surface area contributed by atoms with E-state index in [-0.39, 0.29) is 0 Å². The summed E-state index contributed by atoms with van der Waals surface area (Å²) in [6, 6.07) is 107. The van der Waals surface area contributed by atoms with Crippen LogP contribution in [0.5, 0.6) is 0 Å². The Hall–Kier alpha value is -12.1. The second-order valence-corrected chi connectivity index (χ2v) is 33.4. The molecule has 0 amide bonds. The Morgan fingerprint density at radius 2 is 0.439 bits per heavy atom. The van der Waals surface area contributed by atoms with E-state index in [1.807, 2.05) is 0 Å². The molecular formula is C112H98N2. The van der Waals surface area contributed by atoms with E-state index < -0.39 is 0 Å². The van der Waals surface area contributed by atoms with E-state index in [4.69, 9.17) is 0 Å². The van der Waals surface area contributed by atoms with Crippen molar-refractivity contribution >= 4 is 157 Å². The summed E-state index contributed by atoms with van der Waals surface area (Å²) in [7, 11) is 0. The molecule has 4 aliphatic carbocycles. The molecule has 0 aromatic heterocycles. The smallest absolute Gasteiger partial charge is 0.0540 e. The molecule has 16 aromatic carbocycles. The molecule has 4 saturated carbocycles. The highest BCUT2D eigenvalue weighted by Crippen LogP contribution is 2.52. The van der Waals surface area contributed by atoms with Crippen LogP contribution in [0.2, 0.25) is 0 Å². The van der Waals surface area contributed by atoms with E-state index in [9.17, 15) is 0 Å². The standard InChI is InChI=1S/C112H98N2/c1-75-29-53-91(54-30-75)113(93-57-41-85(42-58-93)73-105(87-45-33-81(34-46-87)69-77-17-7-3-8-18-77)88-47-35-82(36-48-88)70-78-19-9-4-10-20-78)107-67-65-97-101-63-62-100-96-26-16-28-104-108(68-66-98(110(96)104)102-64-61-99(111(101)112(100)102)95-25-15-27-103(107)109(95)97)114(92-55-31-76(2)32-56-92)94-59-43-86(44-60-94)74-106(89-49-37-83(38-50-89)71-79-21-11-5-12-22-79)90-51-39-84(40-52-90)72-80-23-13-6-14-24-80/h15-16,25-74H,3-14,17-24H2,1-2H3.